The predicted molar refractivity (Wildman–Crippen MR) is 134 cm³/mol. The van der Waals surface area contributed by atoms with Crippen LogP contribution >= 0.6 is 27.7 Å². The Balaban J connectivity index is 1.59. The van der Waals surface area contributed by atoms with Crippen LogP contribution in [-0.4, -0.2) is 23.2 Å². The summed E-state index contributed by atoms with van der Waals surface area (Å²) >= 11 is 4.37. The molecule has 3 aromatic carbocycles. The number of methoxy groups -OCH3 is 1. The summed E-state index contributed by atoms with van der Waals surface area (Å²) in [6, 6.07) is 21.0. The van der Waals surface area contributed by atoms with Gasteiger partial charge < -0.3 is 9.47 Å². The Hall–Kier alpha value is -3.03. The maximum atomic E-state index is 13.1. The number of halogens is 1. The van der Waals surface area contributed by atoms with Gasteiger partial charge in [-0.1, -0.05) is 64.5 Å². The summed E-state index contributed by atoms with van der Waals surface area (Å²) < 4.78 is 12.6. The molecule has 0 spiro atoms. The zero-order chi connectivity index (χ0) is 23.4. The van der Waals surface area contributed by atoms with E-state index in [1.165, 1.54) is 4.90 Å². The van der Waals surface area contributed by atoms with Crippen LogP contribution in [0.25, 0.3) is 6.08 Å². The molecule has 1 aliphatic rings. The summed E-state index contributed by atoms with van der Waals surface area (Å²) in [6.07, 6.45) is 1.70. The smallest absolute Gasteiger partial charge is 0.293 e. The molecule has 168 valence electrons. The number of imide groups is 1. The van der Waals surface area contributed by atoms with Crippen LogP contribution in [0.3, 0.4) is 0 Å². The molecular weight excluding hydrogens is 502 g/mol. The predicted octanol–water partition coefficient (Wildman–Crippen LogP) is 6.58. The fourth-order valence-electron chi connectivity index (χ4n) is 3.43. The number of benzene rings is 3. The summed E-state index contributed by atoms with van der Waals surface area (Å²) in [5, 5.41) is -0.283. The van der Waals surface area contributed by atoms with Crippen molar-refractivity contribution in [3.05, 3.63) is 98.4 Å². The molecule has 1 heterocycles. The molecule has 0 atom stereocenters. The van der Waals surface area contributed by atoms with E-state index in [4.69, 9.17) is 9.47 Å². The average Bonchev–Trinajstić information content (AvgIpc) is 3.07. The second kappa shape index (κ2) is 10.3. The van der Waals surface area contributed by atoms with E-state index in [0.29, 0.717) is 28.6 Å². The van der Waals surface area contributed by atoms with Crippen molar-refractivity contribution in [1.29, 1.82) is 0 Å². The van der Waals surface area contributed by atoms with E-state index in [0.717, 1.165) is 32.9 Å². The molecule has 0 aromatic heterocycles. The largest absolute Gasteiger partial charge is 0.493 e. The van der Waals surface area contributed by atoms with E-state index in [-0.39, 0.29) is 17.7 Å². The van der Waals surface area contributed by atoms with Crippen LogP contribution < -0.4 is 9.47 Å². The number of nitrogens with zero attached hydrogens (tertiary/aromatic N) is 1. The Morgan fingerprint density at radius 3 is 2.48 bits per heavy atom. The Bertz CT molecular complexity index is 1220. The standard InChI is InChI=1S/C26H22BrNO4S/c1-17-6-3-4-7-20(17)15-28-25(29)23(33-26(28)30)14-19-8-5-9-22(31-2)24(19)32-16-18-10-12-21(27)13-11-18/h3-14H,15-16H2,1-2H3/b23-14-. The molecule has 7 heteroatoms. The van der Waals surface area contributed by atoms with Crippen molar-refractivity contribution in [1.82, 2.24) is 4.90 Å². The highest BCUT2D eigenvalue weighted by molar-refractivity contribution is 9.10. The molecule has 4 rings (SSSR count). The lowest BCUT2D eigenvalue weighted by Gasteiger charge is -2.15. The fraction of sp³-hybridized carbons (Fsp3) is 0.154. The Morgan fingerprint density at radius 2 is 1.76 bits per heavy atom. The molecule has 0 bridgehead atoms. The molecule has 0 radical (unpaired) electrons. The first-order chi connectivity index (χ1) is 16.0. The topological polar surface area (TPSA) is 55.8 Å². The van der Waals surface area contributed by atoms with Gasteiger partial charge in [-0.15, -0.1) is 0 Å². The van der Waals surface area contributed by atoms with Crippen molar-refractivity contribution in [3.63, 3.8) is 0 Å². The number of para-hydroxylation sites is 1. The van der Waals surface area contributed by atoms with E-state index in [1.54, 1.807) is 19.3 Å². The van der Waals surface area contributed by atoms with E-state index in [9.17, 15) is 9.59 Å². The number of ether oxygens (including phenoxy) is 2. The summed E-state index contributed by atoms with van der Waals surface area (Å²) in [6.45, 7) is 2.55. The van der Waals surface area contributed by atoms with Gasteiger partial charge >= 0.3 is 0 Å². The SMILES string of the molecule is COc1cccc(/C=C2\SC(=O)N(Cc3ccccc3C)C2=O)c1OCc1ccc(Br)cc1. The van der Waals surface area contributed by atoms with Crippen molar-refractivity contribution < 1.29 is 19.1 Å². The minimum atomic E-state index is -0.310. The van der Waals surface area contributed by atoms with Crippen LogP contribution in [0, 0.1) is 6.92 Å². The van der Waals surface area contributed by atoms with Crippen molar-refractivity contribution in [2.75, 3.05) is 7.11 Å². The zero-order valence-electron chi connectivity index (χ0n) is 18.2. The minimum Gasteiger partial charge on any atom is -0.493 e. The third-order valence-corrected chi connectivity index (χ3v) is 6.71. The van der Waals surface area contributed by atoms with Crippen LogP contribution in [0.2, 0.25) is 0 Å². The number of hydrogen-bond acceptors (Lipinski definition) is 5. The molecule has 0 N–H and O–H groups in total. The highest BCUT2D eigenvalue weighted by Gasteiger charge is 2.35. The summed E-state index contributed by atoms with van der Waals surface area (Å²) in [5.41, 5.74) is 3.65. The highest BCUT2D eigenvalue weighted by Crippen LogP contribution is 2.38. The van der Waals surface area contributed by atoms with Crippen LogP contribution in [0.5, 0.6) is 11.5 Å². The van der Waals surface area contributed by atoms with Crippen LogP contribution in [0.4, 0.5) is 4.79 Å². The lowest BCUT2D eigenvalue weighted by Crippen LogP contribution is -2.27. The average molecular weight is 524 g/mol. The summed E-state index contributed by atoms with van der Waals surface area (Å²) in [4.78, 5) is 27.3. The van der Waals surface area contributed by atoms with Crippen LogP contribution in [0.15, 0.2) is 76.1 Å². The van der Waals surface area contributed by atoms with Gasteiger partial charge in [-0.3, -0.25) is 14.5 Å². The Morgan fingerprint density at radius 1 is 1.00 bits per heavy atom. The quantitative estimate of drug-likeness (QED) is 0.327. The van der Waals surface area contributed by atoms with Crippen LogP contribution in [0.1, 0.15) is 22.3 Å². The number of carbonyl (C=O) groups is 2. The van der Waals surface area contributed by atoms with Crippen molar-refractivity contribution in [2.24, 2.45) is 0 Å². The van der Waals surface area contributed by atoms with Crippen molar-refractivity contribution in [2.45, 2.75) is 20.1 Å². The van der Waals surface area contributed by atoms with Crippen molar-refractivity contribution in [3.8, 4) is 11.5 Å². The molecule has 33 heavy (non-hydrogen) atoms. The van der Waals surface area contributed by atoms with Gasteiger partial charge in [-0.05, 0) is 59.7 Å². The monoisotopic (exact) mass is 523 g/mol. The molecule has 5 nitrogen and oxygen atoms in total. The molecule has 3 aromatic rings. The highest BCUT2D eigenvalue weighted by atomic mass is 79.9. The number of hydrogen-bond donors (Lipinski definition) is 0. The van der Waals surface area contributed by atoms with Crippen LogP contribution in [-0.2, 0) is 17.9 Å². The normalized spacial score (nSPS) is 14.8. The third-order valence-electron chi connectivity index (χ3n) is 5.28. The number of rotatable bonds is 7. The molecular formula is C26H22BrNO4S. The van der Waals surface area contributed by atoms with Gasteiger partial charge in [-0.2, -0.15) is 0 Å². The maximum absolute atomic E-state index is 13.1. The molecule has 2 amide bonds. The van der Waals surface area contributed by atoms with Gasteiger partial charge in [0, 0.05) is 10.0 Å². The Labute approximate surface area is 205 Å². The molecule has 0 unspecified atom stereocenters. The Kier molecular flexibility index (Phi) is 7.20. The summed E-state index contributed by atoms with van der Waals surface area (Å²) in [5.74, 6) is 0.767. The second-order valence-electron chi connectivity index (χ2n) is 7.49. The number of carbonyl (C=O) groups excluding carboxylic acids is 2. The molecule has 0 aliphatic carbocycles. The van der Waals surface area contributed by atoms with Gasteiger partial charge in [-0.25, -0.2) is 0 Å². The van der Waals surface area contributed by atoms with Gasteiger partial charge in [0.25, 0.3) is 11.1 Å². The first kappa shape index (κ1) is 23.1. The number of thioether (sulfide) groups is 1. The molecule has 1 aliphatic heterocycles. The second-order valence-corrected chi connectivity index (χ2v) is 9.40. The number of aryl methyl sites for hydroxylation is 1. The number of amides is 2. The zero-order valence-corrected chi connectivity index (χ0v) is 20.6. The molecule has 1 saturated heterocycles. The van der Waals surface area contributed by atoms with E-state index in [1.807, 2.05) is 67.6 Å². The minimum absolute atomic E-state index is 0.250. The lowest BCUT2D eigenvalue weighted by molar-refractivity contribution is -0.123. The molecule has 1 fully saturated rings. The maximum Gasteiger partial charge on any atom is 0.293 e. The van der Waals surface area contributed by atoms with Crippen molar-refractivity contribution >= 4 is 44.9 Å². The first-order valence-corrected chi connectivity index (χ1v) is 11.9. The lowest BCUT2D eigenvalue weighted by atomic mass is 10.1. The van der Waals surface area contributed by atoms with E-state index >= 15 is 0 Å². The van der Waals surface area contributed by atoms with Gasteiger partial charge in [0.1, 0.15) is 6.61 Å². The van der Waals surface area contributed by atoms with E-state index in [2.05, 4.69) is 15.9 Å². The summed E-state index contributed by atoms with van der Waals surface area (Å²) in [7, 11) is 1.57. The van der Waals surface area contributed by atoms with E-state index < -0.39 is 0 Å². The van der Waals surface area contributed by atoms with Gasteiger partial charge in [0.2, 0.25) is 0 Å². The molecule has 0 saturated carbocycles. The fourth-order valence-corrected chi connectivity index (χ4v) is 4.53. The third kappa shape index (κ3) is 5.31. The van der Waals surface area contributed by atoms with Gasteiger partial charge in [0.15, 0.2) is 11.5 Å². The van der Waals surface area contributed by atoms with Gasteiger partial charge in [0.05, 0.1) is 18.6 Å². The first-order valence-electron chi connectivity index (χ1n) is 10.3.